The largest absolute Gasteiger partial charge is 0.102 e. The van der Waals surface area contributed by atoms with Crippen LogP contribution < -0.4 is 0 Å². The van der Waals surface area contributed by atoms with Crippen molar-refractivity contribution in [2.24, 2.45) is 0 Å². The fourth-order valence-electron chi connectivity index (χ4n) is 3.06. The van der Waals surface area contributed by atoms with Gasteiger partial charge in [-0.1, -0.05) is 43.0 Å². The first-order valence-corrected chi connectivity index (χ1v) is 7.18. The fraction of sp³-hybridized carbons (Fsp3) is 0.300. The van der Waals surface area contributed by atoms with E-state index in [1.807, 2.05) is 6.08 Å². The predicted molar refractivity (Wildman–Crippen MR) is 89.3 cm³/mol. The van der Waals surface area contributed by atoms with E-state index in [1.54, 1.807) is 0 Å². The second-order valence-electron chi connectivity index (χ2n) is 5.82. The Balaban J connectivity index is 2.71. The van der Waals surface area contributed by atoms with Crippen LogP contribution >= 0.6 is 0 Å². The predicted octanol–water partition coefficient (Wildman–Crippen LogP) is 5.42. The van der Waals surface area contributed by atoms with E-state index in [-0.39, 0.29) is 5.41 Å². The number of benzene rings is 1. The molecule has 0 nitrogen and oxygen atoms in total. The maximum Gasteiger partial charge on any atom is 0.0355 e. The second kappa shape index (κ2) is 5.28. The molecule has 1 atom stereocenters. The normalized spacial score (nSPS) is 21.5. The van der Waals surface area contributed by atoms with Gasteiger partial charge in [-0.2, -0.15) is 0 Å². The van der Waals surface area contributed by atoms with Crippen molar-refractivity contribution in [3.63, 3.8) is 0 Å². The number of allylic oxidation sites excluding steroid dienone is 6. The summed E-state index contributed by atoms with van der Waals surface area (Å²) in [6.45, 7) is 16.8. The molecule has 1 aromatic carbocycles. The zero-order valence-corrected chi connectivity index (χ0v) is 13.1. The lowest BCUT2D eigenvalue weighted by Crippen LogP contribution is -2.24. The molecule has 1 aliphatic carbocycles. The minimum absolute atomic E-state index is 0.106. The van der Waals surface area contributed by atoms with E-state index >= 15 is 0 Å². The molecular weight excluding hydrogens is 240 g/mol. The van der Waals surface area contributed by atoms with E-state index in [0.29, 0.717) is 0 Å². The zero-order valence-electron chi connectivity index (χ0n) is 13.1. The summed E-state index contributed by atoms with van der Waals surface area (Å²) in [6.07, 6.45) is 11.6. The van der Waals surface area contributed by atoms with Gasteiger partial charge in [0.1, 0.15) is 0 Å². The van der Waals surface area contributed by atoms with Crippen molar-refractivity contribution in [3.8, 4) is 0 Å². The van der Waals surface area contributed by atoms with Crippen molar-refractivity contribution in [1.29, 1.82) is 0 Å². The minimum atomic E-state index is -0.106. The molecule has 20 heavy (non-hydrogen) atoms. The maximum atomic E-state index is 4.11. The van der Waals surface area contributed by atoms with Crippen LogP contribution in [0.5, 0.6) is 0 Å². The molecule has 0 heterocycles. The Morgan fingerprint density at radius 2 is 1.75 bits per heavy atom. The van der Waals surface area contributed by atoms with Gasteiger partial charge in [-0.3, -0.25) is 0 Å². The standard InChI is InChI=1S/C20H24/c1-7-18-10-9-11-20(8-2,13-18)19-12-14(3)15(4)16(5)17(19)6/h7-10,12-13H,1-2,11H2,3-6H3. The smallest absolute Gasteiger partial charge is 0.0355 e. The number of aryl methyl sites for hydroxylation is 1. The van der Waals surface area contributed by atoms with Crippen molar-refractivity contribution < 1.29 is 0 Å². The van der Waals surface area contributed by atoms with Gasteiger partial charge in [0.2, 0.25) is 0 Å². The van der Waals surface area contributed by atoms with Crippen LogP contribution in [0.4, 0.5) is 0 Å². The summed E-state index contributed by atoms with van der Waals surface area (Å²) >= 11 is 0. The first-order chi connectivity index (χ1) is 9.45. The molecule has 0 amide bonds. The van der Waals surface area contributed by atoms with Gasteiger partial charge in [0.25, 0.3) is 0 Å². The quantitative estimate of drug-likeness (QED) is 0.640. The average Bonchev–Trinajstić information content (AvgIpc) is 2.48. The zero-order chi connectivity index (χ0) is 14.9. The van der Waals surface area contributed by atoms with Gasteiger partial charge >= 0.3 is 0 Å². The van der Waals surface area contributed by atoms with Crippen LogP contribution in [-0.2, 0) is 5.41 Å². The molecule has 0 fully saturated rings. The molecule has 104 valence electrons. The number of hydrogen-bond donors (Lipinski definition) is 0. The second-order valence-corrected chi connectivity index (χ2v) is 5.82. The average molecular weight is 264 g/mol. The van der Waals surface area contributed by atoms with Crippen molar-refractivity contribution >= 4 is 0 Å². The van der Waals surface area contributed by atoms with Gasteiger partial charge in [-0.15, -0.1) is 6.58 Å². The first kappa shape index (κ1) is 14.6. The van der Waals surface area contributed by atoms with Gasteiger partial charge in [-0.05, 0) is 67.5 Å². The summed E-state index contributed by atoms with van der Waals surface area (Å²) in [6, 6.07) is 2.33. The summed E-state index contributed by atoms with van der Waals surface area (Å²) in [5.41, 5.74) is 7.96. The Kier molecular flexibility index (Phi) is 3.85. The monoisotopic (exact) mass is 264 g/mol. The van der Waals surface area contributed by atoms with Crippen LogP contribution in [-0.4, -0.2) is 0 Å². The highest BCUT2D eigenvalue weighted by molar-refractivity contribution is 5.54. The number of hydrogen-bond acceptors (Lipinski definition) is 0. The molecule has 1 aromatic rings. The lowest BCUT2D eigenvalue weighted by molar-refractivity contribution is 0.665. The van der Waals surface area contributed by atoms with E-state index in [0.717, 1.165) is 6.42 Å². The summed E-state index contributed by atoms with van der Waals surface area (Å²) in [5, 5.41) is 0. The molecule has 0 aliphatic heterocycles. The first-order valence-electron chi connectivity index (χ1n) is 7.18. The molecular formula is C20H24. The maximum absolute atomic E-state index is 4.11. The lowest BCUT2D eigenvalue weighted by Gasteiger charge is -2.33. The highest BCUT2D eigenvalue weighted by Gasteiger charge is 2.29. The molecule has 0 saturated heterocycles. The molecule has 0 saturated carbocycles. The SMILES string of the molecule is C=CC1=CC(C=C)(c2cc(C)c(C)c(C)c2C)CC=C1. The van der Waals surface area contributed by atoms with Crippen LogP contribution in [0, 0.1) is 27.7 Å². The van der Waals surface area contributed by atoms with Crippen molar-refractivity contribution in [1.82, 2.24) is 0 Å². The molecule has 0 radical (unpaired) electrons. The Bertz CT molecular complexity index is 626. The number of rotatable bonds is 3. The van der Waals surface area contributed by atoms with E-state index < -0.39 is 0 Å². The third kappa shape index (κ3) is 2.20. The van der Waals surface area contributed by atoms with E-state index in [4.69, 9.17) is 0 Å². The molecule has 0 aromatic heterocycles. The van der Waals surface area contributed by atoms with Gasteiger partial charge < -0.3 is 0 Å². The van der Waals surface area contributed by atoms with Crippen molar-refractivity contribution in [3.05, 3.63) is 83.0 Å². The van der Waals surface area contributed by atoms with E-state index in [1.165, 1.54) is 33.4 Å². The summed E-state index contributed by atoms with van der Waals surface area (Å²) in [5.74, 6) is 0. The summed E-state index contributed by atoms with van der Waals surface area (Å²) in [7, 11) is 0. The minimum Gasteiger partial charge on any atom is -0.102 e. The van der Waals surface area contributed by atoms with E-state index in [2.05, 4.69) is 71.2 Å². The van der Waals surface area contributed by atoms with Crippen LogP contribution in [0.2, 0.25) is 0 Å². The van der Waals surface area contributed by atoms with Crippen molar-refractivity contribution in [2.75, 3.05) is 0 Å². The molecule has 0 spiro atoms. The molecule has 0 bridgehead atoms. The summed E-state index contributed by atoms with van der Waals surface area (Å²) in [4.78, 5) is 0. The molecule has 0 heteroatoms. The van der Waals surface area contributed by atoms with Crippen LogP contribution in [0.25, 0.3) is 0 Å². The van der Waals surface area contributed by atoms with Crippen LogP contribution in [0.3, 0.4) is 0 Å². The van der Waals surface area contributed by atoms with Crippen molar-refractivity contribution in [2.45, 2.75) is 39.5 Å². The highest BCUT2D eigenvalue weighted by Crippen LogP contribution is 2.39. The molecule has 0 N–H and O–H groups in total. The molecule has 2 rings (SSSR count). The Labute approximate surface area is 123 Å². The van der Waals surface area contributed by atoms with Crippen LogP contribution in [0.15, 0.2) is 55.2 Å². The molecule has 1 aliphatic rings. The molecule has 1 unspecified atom stereocenters. The summed E-state index contributed by atoms with van der Waals surface area (Å²) < 4.78 is 0. The van der Waals surface area contributed by atoms with Gasteiger partial charge in [-0.25, -0.2) is 0 Å². The third-order valence-electron chi connectivity index (χ3n) is 4.77. The van der Waals surface area contributed by atoms with E-state index in [9.17, 15) is 0 Å². The fourth-order valence-corrected chi connectivity index (χ4v) is 3.06. The Morgan fingerprint density at radius 3 is 2.35 bits per heavy atom. The topological polar surface area (TPSA) is 0 Å². The lowest BCUT2D eigenvalue weighted by atomic mass is 9.71. The third-order valence-corrected chi connectivity index (χ3v) is 4.77. The Hall–Kier alpha value is -1.82. The highest BCUT2D eigenvalue weighted by atomic mass is 14.3. The van der Waals surface area contributed by atoms with Crippen LogP contribution in [0.1, 0.15) is 34.2 Å². The van der Waals surface area contributed by atoms with Gasteiger partial charge in [0, 0.05) is 5.41 Å². The van der Waals surface area contributed by atoms with Gasteiger partial charge in [0.15, 0.2) is 0 Å². The Morgan fingerprint density at radius 1 is 1.05 bits per heavy atom. The van der Waals surface area contributed by atoms with Gasteiger partial charge in [0.05, 0.1) is 0 Å².